The van der Waals surface area contributed by atoms with Gasteiger partial charge in [-0.15, -0.1) is 0 Å². The van der Waals surface area contributed by atoms with Gasteiger partial charge in [-0.2, -0.15) is 0 Å². The van der Waals surface area contributed by atoms with Gasteiger partial charge in [-0.3, -0.25) is 13.9 Å². The molecule has 1 saturated carbocycles. The van der Waals surface area contributed by atoms with Crippen molar-refractivity contribution in [2.45, 2.75) is 76.4 Å². The number of carbonyl (C=O) groups excluding carboxylic acids is 2. The SMILES string of the molecule is CCc1ccccc1N(CC(=O)N(Cc1ccc(Cl)c(Cl)c1)[C@H](C)C(=O)NC1CCCC1)S(=O)(=O)c1ccc(C)cc1. The summed E-state index contributed by atoms with van der Waals surface area (Å²) in [6, 6.07) is 17.9. The second-order valence-electron chi connectivity index (χ2n) is 10.7. The van der Waals surface area contributed by atoms with E-state index in [-0.39, 0.29) is 23.4 Å². The molecule has 3 aromatic rings. The normalized spacial score (nSPS) is 14.4. The summed E-state index contributed by atoms with van der Waals surface area (Å²) < 4.78 is 29.3. The summed E-state index contributed by atoms with van der Waals surface area (Å²) in [5.74, 6) is -0.797. The van der Waals surface area contributed by atoms with Crippen LogP contribution in [0.1, 0.15) is 56.2 Å². The lowest BCUT2D eigenvalue weighted by Gasteiger charge is -2.33. The standard InChI is InChI=1S/C32H37Cl2N3O4S/c1-4-25-9-5-8-12-30(25)37(42(40,41)27-16-13-22(2)14-17-27)21-31(38)36(20-24-15-18-28(33)29(34)19-24)23(3)32(39)35-26-10-6-7-11-26/h5,8-9,12-19,23,26H,4,6-7,10-11,20-21H2,1-3H3,(H,35,39)/t23-/m1/s1. The Morgan fingerprint density at radius 1 is 0.976 bits per heavy atom. The molecular formula is C32H37Cl2N3O4S. The van der Waals surface area contributed by atoms with Crippen LogP contribution in [0.3, 0.4) is 0 Å². The van der Waals surface area contributed by atoms with Crippen molar-refractivity contribution in [3.63, 3.8) is 0 Å². The predicted molar refractivity (Wildman–Crippen MR) is 168 cm³/mol. The van der Waals surface area contributed by atoms with Gasteiger partial charge in [-0.25, -0.2) is 8.42 Å². The van der Waals surface area contributed by atoms with E-state index in [0.29, 0.717) is 27.7 Å². The van der Waals surface area contributed by atoms with Gasteiger partial charge in [0.1, 0.15) is 12.6 Å². The number of hydrogen-bond donors (Lipinski definition) is 1. The van der Waals surface area contributed by atoms with Crippen LogP contribution in [0.4, 0.5) is 5.69 Å². The van der Waals surface area contributed by atoms with Crippen molar-refractivity contribution in [1.82, 2.24) is 10.2 Å². The third kappa shape index (κ3) is 7.46. The summed E-state index contributed by atoms with van der Waals surface area (Å²) in [6.45, 7) is 5.03. The number of sulfonamides is 1. The van der Waals surface area contributed by atoms with E-state index in [1.165, 1.54) is 4.90 Å². The number of nitrogens with zero attached hydrogens (tertiary/aromatic N) is 2. The summed E-state index contributed by atoms with van der Waals surface area (Å²) in [7, 11) is -4.14. The minimum Gasteiger partial charge on any atom is -0.352 e. The number of para-hydroxylation sites is 1. The monoisotopic (exact) mass is 629 g/mol. The molecule has 0 aromatic heterocycles. The average molecular weight is 631 g/mol. The van der Waals surface area contributed by atoms with Gasteiger partial charge in [0.25, 0.3) is 10.0 Å². The number of amides is 2. The molecular weight excluding hydrogens is 593 g/mol. The van der Waals surface area contributed by atoms with Crippen LogP contribution in [-0.4, -0.2) is 43.8 Å². The van der Waals surface area contributed by atoms with Crippen LogP contribution in [0.25, 0.3) is 0 Å². The highest BCUT2D eigenvalue weighted by atomic mass is 35.5. The zero-order valence-electron chi connectivity index (χ0n) is 24.1. The Hall–Kier alpha value is -3.07. The number of halogens is 2. The molecule has 0 aliphatic heterocycles. The molecule has 42 heavy (non-hydrogen) atoms. The smallest absolute Gasteiger partial charge is 0.264 e. The van der Waals surface area contributed by atoms with Gasteiger partial charge < -0.3 is 10.2 Å². The maximum Gasteiger partial charge on any atom is 0.264 e. The van der Waals surface area contributed by atoms with Crippen LogP contribution in [0.2, 0.25) is 10.0 Å². The first-order chi connectivity index (χ1) is 20.0. The average Bonchev–Trinajstić information content (AvgIpc) is 3.49. The van der Waals surface area contributed by atoms with Gasteiger partial charge >= 0.3 is 0 Å². The van der Waals surface area contributed by atoms with Crippen molar-refractivity contribution in [1.29, 1.82) is 0 Å². The third-order valence-electron chi connectivity index (χ3n) is 7.73. The summed E-state index contributed by atoms with van der Waals surface area (Å²) in [6.07, 6.45) is 4.46. The van der Waals surface area contributed by atoms with Crippen LogP contribution < -0.4 is 9.62 Å². The Balaban J connectivity index is 1.72. The molecule has 2 amide bonds. The summed E-state index contributed by atoms with van der Waals surface area (Å²) >= 11 is 12.4. The van der Waals surface area contributed by atoms with Crippen LogP contribution in [0.5, 0.6) is 0 Å². The lowest BCUT2D eigenvalue weighted by molar-refractivity contribution is -0.139. The van der Waals surface area contributed by atoms with E-state index in [0.717, 1.165) is 41.1 Å². The van der Waals surface area contributed by atoms with Crippen molar-refractivity contribution < 1.29 is 18.0 Å². The molecule has 0 heterocycles. The Kier molecular flexibility index (Phi) is 10.6. The van der Waals surface area contributed by atoms with E-state index < -0.39 is 28.5 Å². The van der Waals surface area contributed by atoms with Crippen molar-refractivity contribution in [2.75, 3.05) is 10.8 Å². The van der Waals surface area contributed by atoms with Crippen LogP contribution in [0.15, 0.2) is 71.6 Å². The zero-order valence-corrected chi connectivity index (χ0v) is 26.5. The fourth-order valence-corrected chi connectivity index (χ4v) is 6.99. The highest BCUT2D eigenvalue weighted by Crippen LogP contribution is 2.29. The molecule has 0 spiro atoms. The highest BCUT2D eigenvalue weighted by molar-refractivity contribution is 7.92. The number of carbonyl (C=O) groups is 2. The molecule has 7 nitrogen and oxygen atoms in total. The van der Waals surface area contributed by atoms with Crippen molar-refractivity contribution in [2.24, 2.45) is 0 Å². The van der Waals surface area contributed by atoms with Crippen molar-refractivity contribution >= 4 is 50.7 Å². The van der Waals surface area contributed by atoms with E-state index in [2.05, 4.69) is 5.32 Å². The first-order valence-corrected chi connectivity index (χ1v) is 16.4. The van der Waals surface area contributed by atoms with Crippen LogP contribution in [0, 0.1) is 6.92 Å². The van der Waals surface area contributed by atoms with Crippen LogP contribution >= 0.6 is 23.2 Å². The fourth-order valence-electron chi connectivity index (χ4n) is 5.21. The lowest BCUT2D eigenvalue weighted by Crippen LogP contribution is -2.52. The Labute approximate surface area is 258 Å². The quantitative estimate of drug-likeness (QED) is 0.261. The van der Waals surface area contributed by atoms with Crippen molar-refractivity contribution in [3.8, 4) is 0 Å². The molecule has 3 aromatic carbocycles. The molecule has 1 aliphatic carbocycles. The van der Waals surface area contributed by atoms with E-state index >= 15 is 0 Å². The van der Waals surface area contributed by atoms with Gasteiger partial charge in [0.05, 0.1) is 20.6 Å². The fraction of sp³-hybridized carbons (Fsp3) is 0.375. The molecule has 0 bridgehead atoms. The van der Waals surface area contributed by atoms with E-state index in [1.54, 1.807) is 61.5 Å². The Morgan fingerprint density at radius 2 is 1.64 bits per heavy atom. The minimum absolute atomic E-state index is 0.0445. The maximum absolute atomic E-state index is 14.2. The summed E-state index contributed by atoms with van der Waals surface area (Å²) in [5, 5.41) is 3.77. The van der Waals surface area contributed by atoms with E-state index in [1.807, 2.05) is 26.0 Å². The molecule has 10 heteroatoms. The minimum atomic E-state index is -4.14. The van der Waals surface area contributed by atoms with Crippen LogP contribution in [-0.2, 0) is 32.6 Å². The third-order valence-corrected chi connectivity index (χ3v) is 10.2. The van der Waals surface area contributed by atoms with Gasteiger partial charge in [-0.05, 0) is 74.6 Å². The number of anilines is 1. The second kappa shape index (κ2) is 13.9. The number of benzene rings is 3. The topological polar surface area (TPSA) is 86.8 Å². The molecule has 4 rings (SSSR count). The lowest BCUT2D eigenvalue weighted by atomic mass is 10.1. The largest absolute Gasteiger partial charge is 0.352 e. The molecule has 1 aliphatic rings. The number of hydrogen-bond acceptors (Lipinski definition) is 4. The zero-order chi connectivity index (χ0) is 30.4. The Morgan fingerprint density at radius 3 is 2.29 bits per heavy atom. The molecule has 0 unspecified atom stereocenters. The van der Waals surface area contributed by atoms with Gasteiger partial charge in [0, 0.05) is 12.6 Å². The highest BCUT2D eigenvalue weighted by Gasteiger charge is 2.34. The van der Waals surface area contributed by atoms with Gasteiger partial charge in [-0.1, -0.05) is 84.9 Å². The van der Waals surface area contributed by atoms with Crippen molar-refractivity contribution in [3.05, 3.63) is 93.5 Å². The predicted octanol–water partition coefficient (Wildman–Crippen LogP) is 6.54. The summed E-state index contributed by atoms with van der Waals surface area (Å²) in [5.41, 5.74) is 2.79. The molecule has 224 valence electrons. The first-order valence-electron chi connectivity index (χ1n) is 14.2. The number of nitrogens with one attached hydrogen (secondary N) is 1. The first kappa shape index (κ1) is 31.9. The van der Waals surface area contributed by atoms with E-state index in [4.69, 9.17) is 23.2 Å². The molecule has 0 saturated heterocycles. The van der Waals surface area contributed by atoms with Gasteiger partial charge in [0.15, 0.2) is 0 Å². The second-order valence-corrected chi connectivity index (χ2v) is 13.4. The van der Waals surface area contributed by atoms with Gasteiger partial charge in [0.2, 0.25) is 11.8 Å². The van der Waals surface area contributed by atoms with E-state index in [9.17, 15) is 18.0 Å². The number of aryl methyl sites for hydroxylation is 2. The summed E-state index contributed by atoms with van der Waals surface area (Å²) in [4.78, 5) is 29.0. The molecule has 1 atom stereocenters. The molecule has 1 fully saturated rings. The number of rotatable bonds is 11. The molecule has 1 N–H and O–H groups in total. The molecule has 0 radical (unpaired) electrons. The Bertz CT molecular complexity index is 1520. The maximum atomic E-state index is 14.2.